The van der Waals surface area contributed by atoms with Gasteiger partial charge in [0.2, 0.25) is 0 Å². The van der Waals surface area contributed by atoms with Gasteiger partial charge in [0.05, 0.1) is 6.67 Å². The molecule has 5 nitrogen and oxygen atoms in total. The maximum Gasteiger partial charge on any atom is 0.128 e. The molecule has 0 amide bonds. The summed E-state index contributed by atoms with van der Waals surface area (Å²) in [6.07, 6.45) is 4.74. The molecule has 3 aliphatic rings. The molecule has 0 saturated carbocycles. The van der Waals surface area contributed by atoms with Gasteiger partial charge in [0.1, 0.15) is 5.82 Å². The van der Waals surface area contributed by atoms with Gasteiger partial charge in [-0.25, -0.2) is 4.98 Å². The third kappa shape index (κ3) is 4.30. The molecule has 27 heavy (non-hydrogen) atoms. The second kappa shape index (κ2) is 7.34. The number of rotatable bonds is 3. The Morgan fingerprint density at radius 2 is 1.56 bits per heavy atom. The van der Waals surface area contributed by atoms with Gasteiger partial charge in [-0.15, -0.1) is 0 Å². The molecule has 0 bridgehead atoms. The van der Waals surface area contributed by atoms with Crippen molar-refractivity contribution in [1.29, 1.82) is 0 Å². The molecule has 0 radical (unpaired) electrons. The van der Waals surface area contributed by atoms with Crippen molar-refractivity contribution in [3.05, 3.63) is 23.9 Å². The van der Waals surface area contributed by atoms with Crippen LogP contribution in [0.3, 0.4) is 0 Å². The fraction of sp³-hybridized carbons (Fsp3) is 0.773. The highest BCUT2D eigenvalue weighted by Crippen LogP contribution is 2.43. The quantitative estimate of drug-likeness (QED) is 0.814. The molecule has 4 heterocycles. The van der Waals surface area contributed by atoms with E-state index >= 15 is 0 Å². The zero-order valence-electron chi connectivity index (χ0n) is 17.7. The average Bonchev–Trinajstić information content (AvgIpc) is 2.61. The molecule has 0 N–H and O–H groups in total. The highest BCUT2D eigenvalue weighted by Gasteiger charge is 2.47. The Morgan fingerprint density at radius 1 is 0.926 bits per heavy atom. The van der Waals surface area contributed by atoms with Gasteiger partial charge in [-0.2, -0.15) is 0 Å². The molecule has 150 valence electrons. The minimum Gasteiger partial charge on any atom is -0.354 e. The van der Waals surface area contributed by atoms with E-state index in [1.807, 2.05) is 6.20 Å². The van der Waals surface area contributed by atoms with E-state index in [4.69, 9.17) is 0 Å². The monoisotopic (exact) mass is 371 g/mol. The van der Waals surface area contributed by atoms with Gasteiger partial charge in [-0.3, -0.25) is 14.7 Å². The number of aromatic nitrogens is 1. The van der Waals surface area contributed by atoms with E-state index in [1.165, 1.54) is 44.6 Å². The van der Waals surface area contributed by atoms with Gasteiger partial charge >= 0.3 is 0 Å². The molecule has 1 aromatic rings. The minimum absolute atomic E-state index is 0.342. The Morgan fingerprint density at radius 3 is 2.11 bits per heavy atom. The molecule has 0 unspecified atom stereocenters. The topological polar surface area (TPSA) is 25.9 Å². The summed E-state index contributed by atoms with van der Waals surface area (Å²) in [5.74, 6) is 1.13. The third-order valence-electron chi connectivity index (χ3n) is 6.91. The highest BCUT2D eigenvalue weighted by molar-refractivity contribution is 5.39. The number of hydrogen-bond donors (Lipinski definition) is 0. The van der Waals surface area contributed by atoms with Crippen LogP contribution in [0.5, 0.6) is 0 Å². The summed E-state index contributed by atoms with van der Waals surface area (Å²) in [4.78, 5) is 15.0. The van der Waals surface area contributed by atoms with Crippen LogP contribution in [-0.4, -0.2) is 84.2 Å². The van der Waals surface area contributed by atoms with Crippen molar-refractivity contribution < 1.29 is 0 Å². The Labute approximate surface area is 165 Å². The van der Waals surface area contributed by atoms with Crippen molar-refractivity contribution in [3.63, 3.8) is 0 Å². The van der Waals surface area contributed by atoms with E-state index in [9.17, 15) is 0 Å². The summed E-state index contributed by atoms with van der Waals surface area (Å²) in [7, 11) is 0. The van der Waals surface area contributed by atoms with Crippen molar-refractivity contribution in [3.8, 4) is 0 Å². The fourth-order valence-electron chi connectivity index (χ4n) is 4.77. The molecular formula is C22H37N5. The van der Waals surface area contributed by atoms with Crippen molar-refractivity contribution >= 4 is 5.82 Å². The van der Waals surface area contributed by atoms with Crippen LogP contribution in [-0.2, 0) is 0 Å². The van der Waals surface area contributed by atoms with E-state index in [1.54, 1.807) is 0 Å². The van der Waals surface area contributed by atoms with Crippen LogP contribution in [0, 0.1) is 12.3 Å². The Hall–Kier alpha value is -1.17. The first-order chi connectivity index (χ1) is 12.8. The second-order valence-corrected chi connectivity index (χ2v) is 10.1. The van der Waals surface area contributed by atoms with Crippen LogP contribution in [0.4, 0.5) is 5.82 Å². The SMILES string of the molecule is Cc1ccc(N2CCN(CN3CCC4(CC3)CN(C(C)(C)C)C4)CC2)nc1. The number of likely N-dealkylation sites (tertiary alicyclic amines) is 2. The van der Waals surface area contributed by atoms with Gasteiger partial charge in [-0.05, 0) is 70.7 Å². The molecule has 4 rings (SSSR count). The number of piperazine rings is 1. The molecule has 1 aromatic heterocycles. The van der Waals surface area contributed by atoms with Gasteiger partial charge in [0, 0.05) is 51.0 Å². The molecule has 5 heteroatoms. The van der Waals surface area contributed by atoms with Crippen LogP contribution in [0.25, 0.3) is 0 Å². The second-order valence-electron chi connectivity index (χ2n) is 10.1. The van der Waals surface area contributed by atoms with Gasteiger partial charge in [0.25, 0.3) is 0 Å². The lowest BCUT2D eigenvalue weighted by atomic mass is 9.70. The van der Waals surface area contributed by atoms with Crippen molar-refractivity contribution in [2.75, 3.05) is 63.9 Å². The van der Waals surface area contributed by atoms with E-state index in [0.717, 1.165) is 38.7 Å². The van der Waals surface area contributed by atoms with E-state index in [-0.39, 0.29) is 0 Å². The lowest BCUT2D eigenvalue weighted by Gasteiger charge is -2.58. The maximum atomic E-state index is 4.59. The van der Waals surface area contributed by atoms with Crippen LogP contribution in [0.1, 0.15) is 39.2 Å². The number of hydrogen-bond acceptors (Lipinski definition) is 5. The normalized spacial score (nSPS) is 25.0. The van der Waals surface area contributed by atoms with Crippen molar-refractivity contribution in [2.24, 2.45) is 5.41 Å². The largest absolute Gasteiger partial charge is 0.354 e. The predicted octanol–water partition coefficient (Wildman–Crippen LogP) is 2.67. The average molecular weight is 372 g/mol. The first kappa shape index (κ1) is 19.2. The Bertz CT molecular complexity index is 611. The minimum atomic E-state index is 0.342. The molecule has 3 aliphatic heterocycles. The van der Waals surface area contributed by atoms with Crippen molar-refractivity contribution in [2.45, 2.75) is 46.1 Å². The summed E-state index contributed by atoms with van der Waals surface area (Å²) in [6, 6.07) is 4.33. The number of piperidine rings is 1. The zero-order chi connectivity index (χ0) is 19.1. The van der Waals surface area contributed by atoms with Gasteiger partial charge in [-0.1, -0.05) is 6.07 Å². The van der Waals surface area contributed by atoms with Crippen LogP contribution in [0.2, 0.25) is 0 Å². The van der Waals surface area contributed by atoms with Crippen LogP contribution >= 0.6 is 0 Å². The lowest BCUT2D eigenvalue weighted by molar-refractivity contribution is -0.0944. The number of nitrogens with zero attached hydrogens (tertiary/aromatic N) is 5. The smallest absolute Gasteiger partial charge is 0.128 e. The first-order valence-corrected chi connectivity index (χ1v) is 10.7. The fourth-order valence-corrected chi connectivity index (χ4v) is 4.77. The summed E-state index contributed by atoms with van der Waals surface area (Å²) in [5.41, 5.74) is 2.20. The predicted molar refractivity (Wildman–Crippen MR) is 112 cm³/mol. The number of anilines is 1. The molecule has 1 spiro atoms. The highest BCUT2D eigenvalue weighted by atomic mass is 15.4. The molecular weight excluding hydrogens is 334 g/mol. The molecule has 0 aromatic carbocycles. The summed E-state index contributed by atoms with van der Waals surface area (Å²) >= 11 is 0. The number of aryl methyl sites for hydroxylation is 1. The maximum absolute atomic E-state index is 4.59. The number of pyridine rings is 1. The van der Waals surface area contributed by atoms with Gasteiger partial charge in [0.15, 0.2) is 0 Å². The van der Waals surface area contributed by atoms with Gasteiger partial charge < -0.3 is 4.90 Å². The standard InChI is InChI=1S/C22H37N5/c1-19-5-6-20(23-15-19)26-13-11-25(12-14-26)18-24-9-7-22(8-10-24)16-27(17-22)21(2,3)4/h5-6,15H,7-14,16-18H2,1-4H3. The molecule has 0 aliphatic carbocycles. The van der Waals surface area contributed by atoms with E-state index < -0.39 is 0 Å². The summed E-state index contributed by atoms with van der Waals surface area (Å²) < 4.78 is 0. The third-order valence-corrected chi connectivity index (χ3v) is 6.91. The van der Waals surface area contributed by atoms with E-state index in [0.29, 0.717) is 11.0 Å². The first-order valence-electron chi connectivity index (χ1n) is 10.7. The van der Waals surface area contributed by atoms with E-state index in [2.05, 4.69) is 64.4 Å². The van der Waals surface area contributed by atoms with Crippen molar-refractivity contribution in [1.82, 2.24) is 19.7 Å². The Balaban J connectivity index is 1.19. The summed E-state index contributed by atoms with van der Waals surface area (Å²) in [6.45, 7) is 19.9. The molecule has 3 saturated heterocycles. The van der Waals surface area contributed by atoms with Crippen LogP contribution < -0.4 is 4.90 Å². The Kier molecular flexibility index (Phi) is 5.21. The molecule has 0 atom stereocenters. The molecule has 3 fully saturated rings. The lowest BCUT2D eigenvalue weighted by Crippen LogP contribution is -2.65. The zero-order valence-corrected chi connectivity index (χ0v) is 17.7. The summed E-state index contributed by atoms with van der Waals surface area (Å²) in [5, 5.41) is 0. The van der Waals surface area contributed by atoms with Crippen LogP contribution in [0.15, 0.2) is 18.3 Å².